The van der Waals surface area contributed by atoms with Crippen molar-refractivity contribution in [1.29, 1.82) is 0 Å². The van der Waals surface area contributed by atoms with Crippen molar-refractivity contribution in [2.75, 3.05) is 6.54 Å². The number of hydrogen-bond acceptors (Lipinski definition) is 3. The summed E-state index contributed by atoms with van der Waals surface area (Å²) >= 11 is 12.2. The minimum absolute atomic E-state index is 0.559. The third kappa shape index (κ3) is 2.80. The summed E-state index contributed by atoms with van der Waals surface area (Å²) in [5.74, 6) is 1.21. The van der Waals surface area contributed by atoms with Gasteiger partial charge in [-0.3, -0.25) is 0 Å². The van der Waals surface area contributed by atoms with Gasteiger partial charge in [0.15, 0.2) is 5.76 Å². The molecule has 0 aliphatic carbocycles. The van der Waals surface area contributed by atoms with Crippen LogP contribution in [0.2, 0.25) is 10.0 Å². The largest absolute Gasteiger partial charge is 0.439 e. The Morgan fingerprint density at radius 1 is 1.29 bits per heavy atom. The Morgan fingerprint density at radius 2 is 2.00 bits per heavy atom. The van der Waals surface area contributed by atoms with E-state index in [9.17, 15) is 0 Å². The maximum absolute atomic E-state index is 6.09. The highest BCUT2D eigenvalue weighted by Crippen LogP contribution is 2.34. The van der Waals surface area contributed by atoms with Crippen molar-refractivity contribution in [2.45, 2.75) is 13.5 Å². The van der Waals surface area contributed by atoms with E-state index < -0.39 is 0 Å². The number of nitrogens with one attached hydrogen (secondary N) is 1. The van der Waals surface area contributed by atoms with Gasteiger partial charge < -0.3 is 9.73 Å². The van der Waals surface area contributed by atoms with Gasteiger partial charge in [-0.2, -0.15) is 0 Å². The summed E-state index contributed by atoms with van der Waals surface area (Å²) in [6.45, 7) is 3.48. The molecule has 0 saturated heterocycles. The Morgan fingerprint density at radius 3 is 2.65 bits per heavy atom. The van der Waals surface area contributed by atoms with Gasteiger partial charge in [0.05, 0.1) is 28.4 Å². The van der Waals surface area contributed by atoms with Crippen LogP contribution in [0.4, 0.5) is 0 Å². The molecule has 0 bridgehead atoms. The summed E-state index contributed by atoms with van der Waals surface area (Å²) in [6, 6.07) is 5.34. The molecule has 1 aromatic heterocycles. The molecule has 1 heterocycles. The molecule has 0 atom stereocenters. The highest BCUT2D eigenvalue weighted by molar-refractivity contribution is 6.39. The van der Waals surface area contributed by atoms with E-state index >= 15 is 0 Å². The van der Waals surface area contributed by atoms with Crippen LogP contribution in [-0.4, -0.2) is 11.5 Å². The average Bonchev–Trinajstić information content (AvgIpc) is 2.75. The fourth-order valence-corrected chi connectivity index (χ4v) is 2.06. The topological polar surface area (TPSA) is 38.1 Å². The number of nitrogens with zero attached hydrogens (tertiary/aromatic N) is 1. The van der Waals surface area contributed by atoms with Crippen molar-refractivity contribution in [3.8, 4) is 11.3 Å². The molecule has 0 aliphatic heterocycles. The van der Waals surface area contributed by atoms with Gasteiger partial charge >= 0.3 is 0 Å². The van der Waals surface area contributed by atoms with Crippen LogP contribution in [0.15, 0.2) is 28.8 Å². The number of oxazole rings is 1. The van der Waals surface area contributed by atoms with E-state index in [0.717, 1.165) is 6.54 Å². The second-order valence-electron chi connectivity index (χ2n) is 3.50. The molecular weight excluding hydrogens is 259 g/mol. The smallest absolute Gasteiger partial charge is 0.208 e. The lowest BCUT2D eigenvalue weighted by Crippen LogP contribution is -2.11. The molecule has 3 nitrogen and oxygen atoms in total. The molecule has 1 N–H and O–H groups in total. The first-order valence-electron chi connectivity index (χ1n) is 5.32. The highest BCUT2D eigenvalue weighted by atomic mass is 35.5. The molecule has 0 spiro atoms. The van der Waals surface area contributed by atoms with Crippen LogP contribution in [0.1, 0.15) is 12.8 Å². The van der Waals surface area contributed by atoms with Gasteiger partial charge in [-0.15, -0.1) is 0 Å². The van der Waals surface area contributed by atoms with E-state index in [1.165, 1.54) is 0 Å². The fourth-order valence-electron chi connectivity index (χ4n) is 1.47. The molecule has 1 aromatic carbocycles. The molecule has 17 heavy (non-hydrogen) atoms. The first kappa shape index (κ1) is 12.4. The van der Waals surface area contributed by atoms with E-state index in [1.54, 1.807) is 24.4 Å². The van der Waals surface area contributed by atoms with Crippen LogP contribution in [0.3, 0.4) is 0 Å². The van der Waals surface area contributed by atoms with E-state index in [2.05, 4.69) is 10.3 Å². The third-order valence-electron chi connectivity index (χ3n) is 2.29. The van der Waals surface area contributed by atoms with Crippen LogP contribution in [0, 0.1) is 0 Å². The van der Waals surface area contributed by atoms with E-state index in [1.807, 2.05) is 6.92 Å². The van der Waals surface area contributed by atoms with Crippen LogP contribution in [-0.2, 0) is 6.54 Å². The Bertz CT molecular complexity index is 491. The number of rotatable bonds is 4. The van der Waals surface area contributed by atoms with Gasteiger partial charge in [0.2, 0.25) is 5.89 Å². The third-order valence-corrected chi connectivity index (χ3v) is 2.92. The Kier molecular flexibility index (Phi) is 4.05. The van der Waals surface area contributed by atoms with Crippen LogP contribution >= 0.6 is 23.2 Å². The lowest BCUT2D eigenvalue weighted by molar-refractivity contribution is 0.482. The van der Waals surface area contributed by atoms with Gasteiger partial charge in [-0.05, 0) is 18.7 Å². The minimum Gasteiger partial charge on any atom is -0.439 e. The molecule has 0 saturated carbocycles. The van der Waals surface area contributed by atoms with Crippen LogP contribution < -0.4 is 5.32 Å². The number of hydrogen-bond donors (Lipinski definition) is 1. The molecule has 2 rings (SSSR count). The lowest BCUT2D eigenvalue weighted by atomic mass is 10.2. The summed E-state index contributed by atoms with van der Waals surface area (Å²) in [5, 5.41) is 4.25. The zero-order valence-electron chi connectivity index (χ0n) is 9.34. The standard InChI is InChI=1S/C12H12Cl2N2O/c1-2-15-7-11-16-6-10(17-11)12-8(13)4-3-5-9(12)14/h3-6,15H,2,7H2,1H3. The van der Waals surface area contributed by atoms with Crippen molar-refractivity contribution in [2.24, 2.45) is 0 Å². The molecule has 90 valence electrons. The highest BCUT2D eigenvalue weighted by Gasteiger charge is 2.13. The second-order valence-corrected chi connectivity index (χ2v) is 4.31. The monoisotopic (exact) mass is 270 g/mol. The molecule has 0 aliphatic rings. The fraction of sp³-hybridized carbons (Fsp3) is 0.250. The number of halogens is 2. The van der Waals surface area contributed by atoms with Gasteiger partial charge in [0, 0.05) is 0 Å². The summed E-state index contributed by atoms with van der Waals surface area (Å²) < 4.78 is 5.59. The predicted octanol–water partition coefficient (Wildman–Crippen LogP) is 3.76. The number of aromatic nitrogens is 1. The maximum atomic E-state index is 6.09. The zero-order valence-corrected chi connectivity index (χ0v) is 10.8. The van der Waals surface area contributed by atoms with E-state index in [4.69, 9.17) is 27.6 Å². The molecule has 0 fully saturated rings. The molecular formula is C12H12Cl2N2O. The molecule has 2 aromatic rings. The van der Waals surface area contributed by atoms with Gasteiger partial charge in [0.25, 0.3) is 0 Å². The number of benzene rings is 1. The molecule has 0 radical (unpaired) electrons. The molecule has 0 amide bonds. The van der Waals surface area contributed by atoms with Crippen LogP contribution in [0.25, 0.3) is 11.3 Å². The Balaban J connectivity index is 2.30. The summed E-state index contributed by atoms with van der Waals surface area (Å²) in [5.41, 5.74) is 0.686. The van der Waals surface area contributed by atoms with E-state index in [-0.39, 0.29) is 0 Å². The summed E-state index contributed by atoms with van der Waals surface area (Å²) in [4.78, 5) is 4.17. The van der Waals surface area contributed by atoms with E-state index in [0.29, 0.717) is 33.8 Å². The lowest BCUT2D eigenvalue weighted by Gasteiger charge is -2.02. The SMILES string of the molecule is CCNCc1ncc(-c2c(Cl)cccc2Cl)o1. The first-order chi connectivity index (χ1) is 8.22. The summed E-state index contributed by atoms with van der Waals surface area (Å²) in [6.07, 6.45) is 1.64. The maximum Gasteiger partial charge on any atom is 0.208 e. The predicted molar refractivity (Wildman–Crippen MR) is 69.3 cm³/mol. The van der Waals surface area contributed by atoms with Crippen molar-refractivity contribution in [3.05, 3.63) is 40.3 Å². The molecule has 5 heteroatoms. The van der Waals surface area contributed by atoms with Crippen LogP contribution in [0.5, 0.6) is 0 Å². The Hall–Kier alpha value is -1.03. The van der Waals surface area contributed by atoms with Gasteiger partial charge in [-0.25, -0.2) is 4.98 Å². The summed E-state index contributed by atoms with van der Waals surface area (Å²) in [7, 11) is 0. The second kappa shape index (κ2) is 5.54. The normalized spacial score (nSPS) is 10.8. The van der Waals surface area contributed by atoms with Gasteiger partial charge in [0.1, 0.15) is 0 Å². The quantitative estimate of drug-likeness (QED) is 0.920. The van der Waals surface area contributed by atoms with Crippen molar-refractivity contribution in [3.63, 3.8) is 0 Å². The average molecular weight is 271 g/mol. The van der Waals surface area contributed by atoms with Crippen molar-refractivity contribution >= 4 is 23.2 Å². The van der Waals surface area contributed by atoms with Crippen molar-refractivity contribution < 1.29 is 4.42 Å². The molecule has 0 unspecified atom stereocenters. The van der Waals surface area contributed by atoms with Crippen molar-refractivity contribution in [1.82, 2.24) is 10.3 Å². The first-order valence-corrected chi connectivity index (χ1v) is 6.07. The minimum atomic E-state index is 0.559. The zero-order chi connectivity index (χ0) is 12.3. The Labute approximate surface area is 110 Å². The van der Waals surface area contributed by atoms with Gasteiger partial charge in [-0.1, -0.05) is 36.2 Å².